The van der Waals surface area contributed by atoms with Crippen molar-refractivity contribution in [2.24, 2.45) is 0 Å². The normalized spacial score (nSPS) is 14.5. The van der Waals surface area contributed by atoms with E-state index in [0.717, 1.165) is 6.56 Å². The van der Waals surface area contributed by atoms with Crippen molar-refractivity contribution in [1.29, 1.82) is 0 Å². The molecule has 0 aromatic heterocycles. The van der Waals surface area contributed by atoms with Crippen LogP contribution in [-0.4, -0.2) is 26.2 Å². The summed E-state index contributed by atoms with van der Waals surface area (Å²) in [5.41, 5.74) is 0.646. The van der Waals surface area contributed by atoms with Gasteiger partial charge < -0.3 is 0 Å². The molecular formula is C26H24O6Zr. The molecule has 0 spiro atoms. The Labute approximate surface area is 198 Å². The van der Waals surface area contributed by atoms with E-state index in [-0.39, 0.29) is 0 Å². The van der Waals surface area contributed by atoms with Crippen LogP contribution in [0, 0.1) is 0 Å². The van der Waals surface area contributed by atoms with Crippen LogP contribution in [-0.2, 0) is 30.6 Å². The van der Waals surface area contributed by atoms with Crippen LogP contribution >= 0.6 is 0 Å². The van der Waals surface area contributed by atoms with E-state index in [2.05, 4.69) is 12.2 Å². The summed E-state index contributed by atoms with van der Waals surface area (Å²) in [4.78, 5) is 24.9. The van der Waals surface area contributed by atoms with Crippen molar-refractivity contribution < 1.29 is 45.8 Å². The molecule has 4 rings (SSSR count). The quantitative estimate of drug-likeness (QED) is 0.432. The number of carbonyl (C=O) groups is 2. The fourth-order valence-corrected chi connectivity index (χ4v) is 12.1. The zero-order valence-electron chi connectivity index (χ0n) is 18.4. The topological polar surface area (TPSA) is 71.1 Å². The number of esters is 2. The van der Waals surface area contributed by atoms with E-state index in [1.165, 1.54) is 14.2 Å². The molecule has 2 aliphatic carbocycles. The van der Waals surface area contributed by atoms with Gasteiger partial charge in [-0.1, -0.05) is 0 Å². The van der Waals surface area contributed by atoms with E-state index in [1.54, 1.807) is 36.4 Å². The summed E-state index contributed by atoms with van der Waals surface area (Å²) in [5, 5.41) is 0. The number of hydrogen-bond acceptors (Lipinski definition) is 6. The van der Waals surface area contributed by atoms with Crippen molar-refractivity contribution in [3.8, 4) is 11.5 Å². The van der Waals surface area contributed by atoms with E-state index in [4.69, 9.17) is 15.1 Å². The van der Waals surface area contributed by atoms with Crippen LogP contribution in [0.15, 0.2) is 91.5 Å². The fraction of sp³-hybridized carbons (Fsp3) is 0.154. The van der Waals surface area contributed by atoms with Crippen LogP contribution in [0.3, 0.4) is 0 Å². The zero-order valence-corrected chi connectivity index (χ0v) is 20.9. The van der Waals surface area contributed by atoms with Crippen molar-refractivity contribution in [2.45, 2.75) is 12.8 Å². The Morgan fingerprint density at radius 2 is 1.12 bits per heavy atom. The van der Waals surface area contributed by atoms with Gasteiger partial charge in [0, 0.05) is 0 Å². The molecule has 2 aliphatic rings. The molecule has 0 aliphatic heterocycles. The third kappa shape index (κ3) is 4.64. The van der Waals surface area contributed by atoms with Gasteiger partial charge in [0.1, 0.15) is 0 Å². The molecule has 6 nitrogen and oxygen atoms in total. The van der Waals surface area contributed by atoms with Crippen molar-refractivity contribution in [1.82, 2.24) is 0 Å². The predicted molar refractivity (Wildman–Crippen MR) is 120 cm³/mol. The Balaban J connectivity index is 1.87. The van der Waals surface area contributed by atoms with E-state index >= 15 is 0 Å². The standard InChI is InChI=1S/2C8H8O3.2C5H5.Zr/c2*1-11-8(10)6-4-2-3-5-7(6)9;2*1-2-4-5-3-1;/h2*2-5,9H,1H3;2*1-3H,4H2;/q;;;;+2/p-2. The summed E-state index contributed by atoms with van der Waals surface area (Å²) in [6, 6.07) is 14.0. The minimum absolute atomic E-state index is 0.323. The molecule has 0 saturated heterocycles. The first-order valence-corrected chi connectivity index (χ1v) is 15.0. The fourth-order valence-electron chi connectivity index (χ4n) is 3.85. The molecule has 0 fully saturated rings. The Kier molecular flexibility index (Phi) is 7.09. The van der Waals surface area contributed by atoms with E-state index in [1.807, 2.05) is 36.4 Å². The third-order valence-electron chi connectivity index (χ3n) is 5.48. The monoisotopic (exact) mass is 522 g/mol. The maximum absolute atomic E-state index is 12.5. The van der Waals surface area contributed by atoms with Crippen molar-refractivity contribution in [2.75, 3.05) is 14.2 Å². The first-order valence-electron chi connectivity index (χ1n) is 10.5. The molecule has 0 unspecified atom stereocenters. The summed E-state index contributed by atoms with van der Waals surface area (Å²) < 4.78 is 25.7. The molecule has 168 valence electrons. The number of benzene rings is 2. The molecular weight excluding hydrogens is 500 g/mol. The summed E-state index contributed by atoms with van der Waals surface area (Å²) in [5.74, 6) is -0.178. The Hall–Kier alpha value is -3.18. The van der Waals surface area contributed by atoms with Gasteiger partial charge in [0.15, 0.2) is 0 Å². The van der Waals surface area contributed by atoms with Gasteiger partial charge in [-0.05, 0) is 0 Å². The van der Waals surface area contributed by atoms with Crippen molar-refractivity contribution >= 4 is 11.9 Å². The SMILES string of the molecule is COC(=O)c1ccccc1[O][Zr]([O]c1ccccc1C(=O)OC)([C]1=CC=CC1)[C]1=CC=CC1. The summed E-state index contributed by atoms with van der Waals surface area (Å²) >= 11 is -4.44. The molecule has 2 aromatic carbocycles. The molecule has 2 aromatic rings. The first-order chi connectivity index (χ1) is 16.1. The van der Waals surface area contributed by atoms with Gasteiger partial charge in [-0.15, -0.1) is 0 Å². The van der Waals surface area contributed by atoms with Crippen LogP contribution in [0.5, 0.6) is 11.5 Å². The van der Waals surface area contributed by atoms with E-state index < -0.39 is 33.1 Å². The van der Waals surface area contributed by atoms with Gasteiger partial charge in [-0.2, -0.15) is 0 Å². The van der Waals surface area contributed by atoms with Crippen LogP contribution in [0.1, 0.15) is 33.6 Å². The number of allylic oxidation sites excluding steroid dienone is 8. The molecule has 0 amide bonds. The molecule has 7 heteroatoms. The first kappa shape index (κ1) is 23.0. The minimum atomic E-state index is -4.44. The van der Waals surface area contributed by atoms with Crippen molar-refractivity contribution in [3.05, 3.63) is 103 Å². The van der Waals surface area contributed by atoms with E-state index in [0.29, 0.717) is 35.5 Å². The van der Waals surface area contributed by atoms with Gasteiger partial charge in [-0.25, -0.2) is 0 Å². The van der Waals surface area contributed by atoms with Crippen LogP contribution in [0.2, 0.25) is 0 Å². The maximum atomic E-state index is 12.5. The Morgan fingerprint density at radius 3 is 1.48 bits per heavy atom. The van der Waals surface area contributed by atoms with Gasteiger partial charge in [-0.3, -0.25) is 0 Å². The van der Waals surface area contributed by atoms with Gasteiger partial charge in [0.25, 0.3) is 0 Å². The second-order valence-corrected chi connectivity index (χ2v) is 14.6. The average molecular weight is 524 g/mol. The van der Waals surface area contributed by atoms with Gasteiger partial charge in [0.2, 0.25) is 0 Å². The van der Waals surface area contributed by atoms with Gasteiger partial charge >= 0.3 is 199 Å². The van der Waals surface area contributed by atoms with E-state index in [9.17, 15) is 9.59 Å². The number of carbonyl (C=O) groups excluding carboxylic acids is 2. The van der Waals surface area contributed by atoms with Crippen LogP contribution in [0.4, 0.5) is 0 Å². The molecule has 0 N–H and O–H groups in total. The molecule has 0 radical (unpaired) electrons. The molecule has 0 saturated carbocycles. The third-order valence-corrected chi connectivity index (χ3v) is 14.0. The van der Waals surface area contributed by atoms with Gasteiger partial charge in [0.05, 0.1) is 0 Å². The Morgan fingerprint density at radius 1 is 0.697 bits per heavy atom. The molecule has 0 atom stereocenters. The number of methoxy groups -OCH3 is 2. The second-order valence-electron chi connectivity index (χ2n) is 7.44. The number of para-hydroxylation sites is 2. The molecule has 0 bridgehead atoms. The summed E-state index contributed by atoms with van der Waals surface area (Å²) in [7, 11) is 2.68. The second kappa shape index (κ2) is 10.2. The number of ether oxygens (including phenoxy) is 2. The molecule has 33 heavy (non-hydrogen) atoms. The summed E-state index contributed by atoms with van der Waals surface area (Å²) in [6.45, 7) is 0. The molecule has 0 heterocycles. The summed E-state index contributed by atoms with van der Waals surface area (Å²) in [6.07, 6.45) is 13.5. The zero-order chi connectivity index (χ0) is 23.3. The average Bonchev–Trinajstić information content (AvgIpc) is 3.58. The number of rotatable bonds is 8. The van der Waals surface area contributed by atoms with Crippen LogP contribution in [0.25, 0.3) is 0 Å². The van der Waals surface area contributed by atoms with Crippen LogP contribution < -0.4 is 5.63 Å². The Bertz CT molecular complexity index is 1100. The van der Waals surface area contributed by atoms with Crippen molar-refractivity contribution in [3.63, 3.8) is 0 Å². The predicted octanol–water partition coefficient (Wildman–Crippen LogP) is 5.39. The number of hydrogen-bond donors (Lipinski definition) is 0.